The first-order valence-electron chi connectivity index (χ1n) is 6.09. The lowest BCUT2D eigenvalue weighted by atomic mass is 10.1. The average Bonchev–Trinajstić information content (AvgIpc) is 2.47. The molecule has 0 radical (unpaired) electrons. The van der Waals surface area contributed by atoms with Gasteiger partial charge in [-0.25, -0.2) is 4.79 Å². The van der Waals surface area contributed by atoms with Gasteiger partial charge in [0.2, 0.25) is 5.75 Å². The fraction of sp³-hybridized carbons (Fsp3) is 0.417. The van der Waals surface area contributed by atoms with Crippen LogP contribution in [-0.4, -0.2) is 30.3 Å². The molecule has 1 aromatic carbocycles. The quantitative estimate of drug-likeness (QED) is 0.368. The number of carbonyl (C=O) groups is 1. The molecule has 1 aromatic rings. The van der Waals surface area contributed by atoms with Crippen LogP contribution in [0.2, 0.25) is 0 Å². The van der Waals surface area contributed by atoms with Crippen molar-refractivity contribution in [1.82, 2.24) is 0 Å². The number of alkyl halides is 3. The molecule has 0 bridgehead atoms. The zero-order chi connectivity index (χ0) is 16.3. The lowest BCUT2D eigenvalue weighted by molar-refractivity contribution is -0.386. The van der Waals surface area contributed by atoms with Gasteiger partial charge in [0.05, 0.1) is 18.1 Å². The van der Waals surface area contributed by atoms with Crippen molar-refractivity contribution in [2.45, 2.75) is 18.9 Å². The van der Waals surface area contributed by atoms with Crippen LogP contribution in [0, 0.1) is 10.1 Å². The molecule has 0 aromatic heterocycles. The minimum Gasteiger partial charge on any atom is -0.412 e. The van der Waals surface area contributed by atoms with Gasteiger partial charge in [0.1, 0.15) is 0 Å². The number of benzene rings is 1. The van der Waals surface area contributed by atoms with Crippen molar-refractivity contribution in [3.63, 3.8) is 0 Å². The number of ether oxygens (including phenoxy) is 3. The van der Waals surface area contributed by atoms with Crippen molar-refractivity contribution in [2.24, 2.45) is 0 Å². The number of hydrogen-bond acceptors (Lipinski definition) is 6. The van der Waals surface area contributed by atoms with E-state index in [-0.39, 0.29) is 5.56 Å². The lowest BCUT2D eigenvalue weighted by Crippen LogP contribution is -2.28. The summed E-state index contributed by atoms with van der Waals surface area (Å²) in [6, 6.07) is 3.09. The van der Waals surface area contributed by atoms with E-state index in [1.165, 1.54) is 6.07 Å². The fourth-order valence-electron chi connectivity index (χ4n) is 1.75. The number of halogens is 3. The Kier molecular flexibility index (Phi) is 4.62. The highest BCUT2D eigenvalue weighted by Crippen LogP contribution is 2.33. The van der Waals surface area contributed by atoms with Crippen LogP contribution in [0.3, 0.4) is 0 Å². The monoisotopic (exact) mass is 321 g/mol. The first-order chi connectivity index (χ1) is 10.3. The van der Waals surface area contributed by atoms with Crippen LogP contribution in [0.4, 0.5) is 18.9 Å². The van der Waals surface area contributed by atoms with Crippen LogP contribution in [0.5, 0.6) is 5.75 Å². The summed E-state index contributed by atoms with van der Waals surface area (Å²) < 4.78 is 51.0. The number of esters is 1. The highest BCUT2D eigenvalue weighted by Gasteiger charge is 2.42. The van der Waals surface area contributed by atoms with Crippen LogP contribution in [0.25, 0.3) is 0 Å². The van der Waals surface area contributed by atoms with Crippen molar-refractivity contribution < 1.29 is 37.1 Å². The highest BCUT2D eigenvalue weighted by atomic mass is 19.4. The van der Waals surface area contributed by atoms with E-state index in [1.807, 2.05) is 0 Å². The Hall–Kier alpha value is -2.20. The molecule has 1 heterocycles. The van der Waals surface area contributed by atoms with Crippen molar-refractivity contribution in [2.75, 3.05) is 13.2 Å². The largest absolute Gasteiger partial charge is 0.491 e. The first kappa shape index (κ1) is 16.2. The van der Waals surface area contributed by atoms with E-state index < -0.39 is 34.8 Å². The van der Waals surface area contributed by atoms with Crippen LogP contribution < -0.4 is 4.74 Å². The smallest absolute Gasteiger partial charge is 0.412 e. The zero-order valence-corrected chi connectivity index (χ0v) is 11.0. The molecule has 1 saturated heterocycles. The molecule has 0 aliphatic carbocycles. The Bertz CT molecular complexity index is 583. The predicted octanol–water partition coefficient (Wildman–Crippen LogP) is 2.50. The summed E-state index contributed by atoms with van der Waals surface area (Å²) in [5.41, 5.74) is -0.536. The van der Waals surface area contributed by atoms with E-state index in [0.29, 0.717) is 19.6 Å². The standard InChI is InChI=1S/C12H10F3NO6/c13-12(14,15)11(17)22-9-3-2-7(6-8(9)16(18)19)10-20-4-1-5-21-10/h2-3,6,10H,1,4-5H2. The van der Waals surface area contributed by atoms with Crippen LogP contribution >= 0.6 is 0 Å². The van der Waals surface area contributed by atoms with Gasteiger partial charge >= 0.3 is 17.8 Å². The molecule has 1 aliphatic rings. The average molecular weight is 321 g/mol. The molecule has 7 nitrogen and oxygen atoms in total. The van der Waals surface area contributed by atoms with E-state index in [1.54, 1.807) is 0 Å². The fourth-order valence-corrected chi connectivity index (χ4v) is 1.75. The Morgan fingerprint density at radius 1 is 1.32 bits per heavy atom. The SMILES string of the molecule is O=C(Oc1ccc(C2OCCCO2)cc1[N+](=O)[O-])C(F)(F)F. The molecule has 2 rings (SSSR count). The minimum absolute atomic E-state index is 0.248. The Labute approximate surface area is 121 Å². The summed E-state index contributed by atoms with van der Waals surface area (Å²) >= 11 is 0. The maximum absolute atomic E-state index is 12.2. The zero-order valence-electron chi connectivity index (χ0n) is 11.0. The molecular weight excluding hydrogens is 311 g/mol. The summed E-state index contributed by atoms with van der Waals surface area (Å²) in [6.45, 7) is 0.784. The molecule has 0 atom stereocenters. The maximum Gasteiger partial charge on any atom is 0.491 e. The van der Waals surface area contributed by atoms with E-state index in [2.05, 4.69) is 4.74 Å². The van der Waals surface area contributed by atoms with Crippen molar-refractivity contribution in [1.29, 1.82) is 0 Å². The first-order valence-corrected chi connectivity index (χ1v) is 6.09. The Morgan fingerprint density at radius 3 is 2.50 bits per heavy atom. The second-order valence-electron chi connectivity index (χ2n) is 4.30. The van der Waals surface area contributed by atoms with E-state index in [4.69, 9.17) is 9.47 Å². The summed E-state index contributed by atoms with van der Waals surface area (Å²) in [6.07, 6.45) is -5.43. The number of carbonyl (C=O) groups excluding carboxylic acids is 1. The van der Waals surface area contributed by atoms with E-state index >= 15 is 0 Å². The van der Waals surface area contributed by atoms with E-state index in [9.17, 15) is 28.1 Å². The van der Waals surface area contributed by atoms with Gasteiger partial charge in [-0.15, -0.1) is 0 Å². The summed E-state index contributed by atoms with van der Waals surface area (Å²) in [5.74, 6) is -3.33. The third-order valence-electron chi connectivity index (χ3n) is 2.71. The van der Waals surface area contributed by atoms with Crippen LogP contribution in [0.1, 0.15) is 18.3 Å². The van der Waals surface area contributed by atoms with Gasteiger partial charge in [-0.1, -0.05) is 0 Å². The summed E-state index contributed by atoms with van der Waals surface area (Å²) in [7, 11) is 0. The third-order valence-corrected chi connectivity index (χ3v) is 2.71. The van der Waals surface area contributed by atoms with Crippen LogP contribution in [-0.2, 0) is 14.3 Å². The van der Waals surface area contributed by atoms with E-state index in [0.717, 1.165) is 12.1 Å². The predicted molar refractivity (Wildman–Crippen MR) is 64.0 cm³/mol. The normalized spacial score (nSPS) is 16.3. The van der Waals surface area contributed by atoms with Crippen molar-refractivity contribution in [3.05, 3.63) is 33.9 Å². The number of nitro benzene ring substituents is 1. The van der Waals surface area contributed by atoms with Gasteiger partial charge in [0.25, 0.3) is 0 Å². The van der Waals surface area contributed by atoms with Gasteiger partial charge in [0, 0.05) is 11.6 Å². The van der Waals surface area contributed by atoms with Gasteiger partial charge in [-0.3, -0.25) is 10.1 Å². The third kappa shape index (κ3) is 3.71. The maximum atomic E-state index is 12.2. The second kappa shape index (κ2) is 6.28. The Morgan fingerprint density at radius 2 is 1.95 bits per heavy atom. The number of nitrogens with zero attached hydrogens (tertiary/aromatic N) is 1. The van der Waals surface area contributed by atoms with Gasteiger partial charge < -0.3 is 14.2 Å². The topological polar surface area (TPSA) is 87.9 Å². The molecule has 0 saturated carbocycles. The summed E-state index contributed by atoms with van der Waals surface area (Å²) in [5, 5.41) is 10.9. The molecule has 0 unspecified atom stereocenters. The molecule has 1 fully saturated rings. The van der Waals surface area contributed by atoms with Crippen molar-refractivity contribution in [3.8, 4) is 5.75 Å². The molecule has 0 spiro atoms. The van der Waals surface area contributed by atoms with Crippen molar-refractivity contribution >= 4 is 11.7 Å². The molecule has 120 valence electrons. The molecule has 1 aliphatic heterocycles. The highest BCUT2D eigenvalue weighted by molar-refractivity contribution is 5.79. The van der Waals surface area contributed by atoms with Gasteiger partial charge in [0.15, 0.2) is 6.29 Å². The molecule has 0 amide bonds. The number of rotatable bonds is 3. The van der Waals surface area contributed by atoms with Gasteiger partial charge in [-0.05, 0) is 18.6 Å². The molecule has 22 heavy (non-hydrogen) atoms. The minimum atomic E-state index is -5.25. The van der Waals surface area contributed by atoms with Crippen LogP contribution in [0.15, 0.2) is 18.2 Å². The second-order valence-corrected chi connectivity index (χ2v) is 4.30. The molecule has 10 heteroatoms. The Balaban J connectivity index is 2.27. The molecular formula is C12H10F3NO6. The number of nitro groups is 1. The van der Waals surface area contributed by atoms with Gasteiger partial charge in [-0.2, -0.15) is 13.2 Å². The molecule has 0 N–H and O–H groups in total. The summed E-state index contributed by atoms with van der Waals surface area (Å²) in [4.78, 5) is 20.8. The number of hydrogen-bond donors (Lipinski definition) is 0. The lowest BCUT2D eigenvalue weighted by Gasteiger charge is -2.23.